The van der Waals surface area contributed by atoms with Crippen LogP contribution in [0.3, 0.4) is 0 Å². The molecular weight excluding hydrogens is 412 g/mol. The number of nitrogens with one attached hydrogen (secondary N) is 1. The molecule has 2 aliphatic rings. The zero-order chi connectivity index (χ0) is 22.1. The number of carbonyl (C=O) groups is 2. The fraction of sp³-hybridized carbons (Fsp3) is 0.391. The van der Waals surface area contributed by atoms with Crippen LogP contribution in [0.4, 0.5) is 0 Å². The molecule has 9 heteroatoms. The van der Waals surface area contributed by atoms with Gasteiger partial charge in [-0.05, 0) is 25.0 Å². The molecule has 5 rings (SSSR count). The lowest BCUT2D eigenvalue weighted by Gasteiger charge is -2.32. The van der Waals surface area contributed by atoms with Crippen LogP contribution in [0.1, 0.15) is 57.2 Å². The summed E-state index contributed by atoms with van der Waals surface area (Å²) in [6, 6.07) is 10.8. The second-order valence-electron chi connectivity index (χ2n) is 8.09. The van der Waals surface area contributed by atoms with Gasteiger partial charge in [-0.3, -0.25) is 9.59 Å². The molecule has 2 N–H and O–H groups in total. The van der Waals surface area contributed by atoms with Crippen LogP contribution in [0.25, 0.3) is 10.9 Å². The average molecular weight is 436 g/mol. The fourth-order valence-electron chi connectivity index (χ4n) is 3.94. The number of para-hydroxylation sites is 1. The summed E-state index contributed by atoms with van der Waals surface area (Å²) in [5.74, 6) is 0.667. The van der Waals surface area contributed by atoms with Gasteiger partial charge in [0.15, 0.2) is 5.69 Å². The molecule has 2 fully saturated rings. The molecule has 3 heterocycles. The van der Waals surface area contributed by atoms with E-state index in [4.69, 9.17) is 19.4 Å². The van der Waals surface area contributed by atoms with Crippen molar-refractivity contribution in [1.29, 1.82) is 0 Å². The molecule has 1 saturated carbocycles. The molecule has 2 amide bonds. The third kappa shape index (κ3) is 4.09. The third-order valence-corrected chi connectivity index (χ3v) is 5.79. The molecule has 0 bridgehead atoms. The Labute approximate surface area is 184 Å². The Morgan fingerprint density at radius 1 is 1.22 bits per heavy atom. The van der Waals surface area contributed by atoms with E-state index in [2.05, 4.69) is 10.5 Å². The highest BCUT2D eigenvalue weighted by Gasteiger charge is 2.32. The highest BCUT2D eigenvalue weighted by molar-refractivity contribution is 6.06. The van der Waals surface area contributed by atoms with Crippen molar-refractivity contribution in [2.45, 2.75) is 24.9 Å². The Bertz CT molecular complexity index is 1160. The number of ether oxygens (including phenoxy) is 1. The number of hydrogen-bond acceptors (Lipinski definition) is 7. The van der Waals surface area contributed by atoms with Crippen molar-refractivity contribution < 1.29 is 24.0 Å². The van der Waals surface area contributed by atoms with Gasteiger partial charge in [-0.25, -0.2) is 4.98 Å². The van der Waals surface area contributed by atoms with Crippen molar-refractivity contribution in [2.24, 2.45) is 0 Å². The quantitative estimate of drug-likeness (QED) is 0.607. The predicted molar refractivity (Wildman–Crippen MR) is 114 cm³/mol. The summed E-state index contributed by atoms with van der Waals surface area (Å²) in [5, 5.41) is 16.4. The SMILES string of the molecule is O=C(NCCO)c1cc([C@H]2CN(C(=O)c3cc(C4CC4)on3)CCO2)nc2ccccc12. The first-order valence-corrected chi connectivity index (χ1v) is 10.8. The highest BCUT2D eigenvalue weighted by Crippen LogP contribution is 2.40. The Kier molecular flexibility index (Phi) is 5.59. The zero-order valence-corrected chi connectivity index (χ0v) is 17.5. The Morgan fingerprint density at radius 3 is 2.88 bits per heavy atom. The third-order valence-electron chi connectivity index (χ3n) is 5.79. The smallest absolute Gasteiger partial charge is 0.276 e. The van der Waals surface area contributed by atoms with Crippen LogP contribution in [-0.4, -0.2) is 64.8 Å². The van der Waals surface area contributed by atoms with Crippen LogP contribution < -0.4 is 5.32 Å². The van der Waals surface area contributed by atoms with Gasteiger partial charge in [0.25, 0.3) is 11.8 Å². The number of benzene rings is 1. The van der Waals surface area contributed by atoms with Crippen LogP contribution in [0.15, 0.2) is 40.9 Å². The van der Waals surface area contributed by atoms with Gasteiger partial charge in [0.1, 0.15) is 11.9 Å². The number of morpholine rings is 1. The Morgan fingerprint density at radius 2 is 2.06 bits per heavy atom. The lowest BCUT2D eigenvalue weighted by atomic mass is 10.0. The van der Waals surface area contributed by atoms with Crippen LogP contribution >= 0.6 is 0 Å². The molecule has 9 nitrogen and oxygen atoms in total. The largest absolute Gasteiger partial charge is 0.395 e. The molecule has 1 aliphatic carbocycles. The maximum atomic E-state index is 13.0. The van der Waals surface area contributed by atoms with Crippen molar-refractivity contribution in [3.63, 3.8) is 0 Å². The minimum Gasteiger partial charge on any atom is -0.395 e. The van der Waals surface area contributed by atoms with E-state index < -0.39 is 6.10 Å². The summed E-state index contributed by atoms with van der Waals surface area (Å²) in [6.45, 7) is 1.11. The number of aromatic nitrogens is 2. The van der Waals surface area contributed by atoms with Gasteiger partial charge >= 0.3 is 0 Å². The zero-order valence-electron chi connectivity index (χ0n) is 17.5. The molecule has 0 radical (unpaired) electrons. The number of rotatable bonds is 6. The van der Waals surface area contributed by atoms with Crippen LogP contribution in [0, 0.1) is 0 Å². The maximum absolute atomic E-state index is 13.0. The number of hydrogen-bond donors (Lipinski definition) is 2. The number of aliphatic hydroxyl groups is 1. The molecule has 3 aromatic rings. The second kappa shape index (κ2) is 8.68. The molecule has 166 valence electrons. The lowest BCUT2D eigenvalue weighted by Crippen LogP contribution is -2.42. The van der Waals surface area contributed by atoms with Crippen molar-refractivity contribution in [3.8, 4) is 0 Å². The van der Waals surface area contributed by atoms with E-state index in [9.17, 15) is 9.59 Å². The topological polar surface area (TPSA) is 118 Å². The van der Waals surface area contributed by atoms with Crippen molar-refractivity contribution in [1.82, 2.24) is 20.4 Å². The number of amides is 2. The first-order valence-electron chi connectivity index (χ1n) is 10.8. The number of nitrogens with zero attached hydrogens (tertiary/aromatic N) is 3. The van der Waals surface area contributed by atoms with Gasteiger partial charge in [0, 0.05) is 30.5 Å². The van der Waals surface area contributed by atoms with Gasteiger partial charge in [-0.2, -0.15) is 0 Å². The van der Waals surface area contributed by atoms with Crippen molar-refractivity contribution in [3.05, 3.63) is 59.1 Å². The summed E-state index contributed by atoms with van der Waals surface area (Å²) in [7, 11) is 0. The van der Waals surface area contributed by atoms with Gasteiger partial charge in [0.05, 0.1) is 36.5 Å². The van der Waals surface area contributed by atoms with Gasteiger partial charge < -0.3 is 24.6 Å². The molecular formula is C23H24N4O5. The van der Waals surface area contributed by atoms with Crippen LogP contribution in [0.5, 0.6) is 0 Å². The summed E-state index contributed by atoms with van der Waals surface area (Å²) in [4.78, 5) is 32.1. The molecule has 2 aromatic heterocycles. The van der Waals surface area contributed by atoms with E-state index in [1.165, 1.54) is 0 Å². The molecule has 0 spiro atoms. The first kappa shape index (κ1) is 20.6. The summed E-state index contributed by atoms with van der Waals surface area (Å²) < 4.78 is 11.3. The fourth-order valence-corrected chi connectivity index (χ4v) is 3.94. The lowest BCUT2D eigenvalue weighted by molar-refractivity contribution is -0.0249. The standard InChI is InChI=1S/C23H24N4O5/c28-9-7-24-22(29)16-11-18(25-17-4-2-1-3-15(16)17)21-13-27(8-10-31-21)23(30)19-12-20(32-26-19)14-5-6-14/h1-4,11-12,14,21,28H,5-10,13H2,(H,24,29)/t21-/m1/s1. The maximum Gasteiger partial charge on any atom is 0.276 e. The number of carbonyl (C=O) groups excluding carboxylic acids is 2. The van der Waals surface area contributed by atoms with Crippen molar-refractivity contribution >= 4 is 22.7 Å². The number of fused-ring (bicyclic) bond motifs is 1. The van der Waals surface area contributed by atoms with E-state index in [1.54, 1.807) is 17.0 Å². The highest BCUT2D eigenvalue weighted by atomic mass is 16.5. The van der Waals surface area contributed by atoms with Gasteiger partial charge in [0.2, 0.25) is 0 Å². The monoisotopic (exact) mass is 436 g/mol. The summed E-state index contributed by atoms with van der Waals surface area (Å²) in [6.07, 6.45) is 1.67. The van der Waals surface area contributed by atoms with E-state index in [-0.39, 0.29) is 25.0 Å². The normalized spacial score (nSPS) is 18.7. The molecule has 1 aliphatic heterocycles. The van der Waals surface area contributed by atoms with Crippen LogP contribution in [0.2, 0.25) is 0 Å². The predicted octanol–water partition coefficient (Wildman–Crippen LogP) is 2.04. The minimum absolute atomic E-state index is 0.144. The number of pyridine rings is 1. The molecule has 1 atom stereocenters. The van der Waals surface area contributed by atoms with E-state index in [0.29, 0.717) is 53.5 Å². The molecule has 1 aromatic carbocycles. The number of aliphatic hydroxyl groups excluding tert-OH is 1. The molecule has 0 unspecified atom stereocenters. The average Bonchev–Trinajstić information content (AvgIpc) is 3.57. The minimum atomic E-state index is -0.475. The molecule has 1 saturated heterocycles. The van der Waals surface area contributed by atoms with Gasteiger partial charge in [-0.15, -0.1) is 0 Å². The van der Waals surface area contributed by atoms with Crippen molar-refractivity contribution in [2.75, 3.05) is 32.8 Å². The Balaban J connectivity index is 1.40. The second-order valence-corrected chi connectivity index (χ2v) is 8.09. The van der Waals surface area contributed by atoms with Crippen LogP contribution in [-0.2, 0) is 4.74 Å². The van der Waals surface area contributed by atoms with Gasteiger partial charge in [-0.1, -0.05) is 23.4 Å². The summed E-state index contributed by atoms with van der Waals surface area (Å²) in [5.41, 5.74) is 2.01. The van der Waals surface area contributed by atoms with E-state index in [0.717, 1.165) is 18.6 Å². The first-order chi connectivity index (χ1) is 15.6. The Hall–Kier alpha value is -3.30. The molecule has 32 heavy (non-hydrogen) atoms. The van der Waals surface area contributed by atoms with E-state index >= 15 is 0 Å². The summed E-state index contributed by atoms with van der Waals surface area (Å²) >= 11 is 0. The van der Waals surface area contributed by atoms with E-state index in [1.807, 2.05) is 24.3 Å².